The first-order valence-corrected chi connectivity index (χ1v) is 7.76. The predicted octanol–water partition coefficient (Wildman–Crippen LogP) is 3.16. The molecule has 1 fully saturated rings. The quantitative estimate of drug-likeness (QED) is 0.768. The van der Waals surface area contributed by atoms with Crippen molar-refractivity contribution in [1.29, 1.82) is 0 Å². The van der Waals surface area contributed by atoms with Crippen molar-refractivity contribution in [3.8, 4) is 0 Å². The maximum absolute atomic E-state index is 4.82. The van der Waals surface area contributed by atoms with Crippen molar-refractivity contribution in [3.05, 3.63) is 16.1 Å². The monoisotopic (exact) mass is 256 g/mol. The van der Waals surface area contributed by atoms with Crippen LogP contribution in [0.2, 0.25) is 0 Å². The normalized spacial score (nSPS) is 23.6. The largest absolute Gasteiger partial charge is 0.296 e. The summed E-state index contributed by atoms with van der Waals surface area (Å²) in [7, 11) is 2.21. The molecule has 0 aromatic carbocycles. The van der Waals surface area contributed by atoms with Crippen LogP contribution in [0.5, 0.6) is 0 Å². The van der Waals surface area contributed by atoms with Crippen LogP contribution in [0.25, 0.3) is 0 Å². The van der Waals surface area contributed by atoms with Gasteiger partial charge in [-0.3, -0.25) is 4.90 Å². The Morgan fingerprint density at radius 1 is 1.44 bits per heavy atom. The third kappa shape index (κ3) is 2.60. The summed E-state index contributed by atoms with van der Waals surface area (Å²) in [6.45, 7) is 7.86. The summed E-state index contributed by atoms with van der Waals surface area (Å²) >= 11 is 3.86. The summed E-state index contributed by atoms with van der Waals surface area (Å²) in [5.74, 6) is 2.44. The van der Waals surface area contributed by atoms with Gasteiger partial charge in [-0.05, 0) is 7.05 Å². The minimum atomic E-state index is 0.176. The van der Waals surface area contributed by atoms with Gasteiger partial charge >= 0.3 is 0 Å². The van der Waals surface area contributed by atoms with Crippen LogP contribution in [-0.2, 0) is 5.41 Å². The fraction of sp³-hybridized carbons (Fsp3) is 0.750. The molecule has 1 aromatic rings. The van der Waals surface area contributed by atoms with Crippen LogP contribution >= 0.6 is 23.1 Å². The number of thiazole rings is 1. The number of hydrogen-bond donors (Lipinski definition) is 0. The first-order chi connectivity index (χ1) is 7.48. The van der Waals surface area contributed by atoms with Gasteiger partial charge in [-0.2, -0.15) is 11.8 Å². The third-order valence-corrected chi connectivity index (χ3v) is 4.94. The molecule has 0 radical (unpaired) electrons. The molecule has 0 spiro atoms. The van der Waals surface area contributed by atoms with Crippen molar-refractivity contribution < 1.29 is 0 Å². The first kappa shape index (κ1) is 12.4. The Bertz CT molecular complexity index is 354. The maximum atomic E-state index is 4.82. The van der Waals surface area contributed by atoms with E-state index in [1.54, 1.807) is 0 Å². The molecule has 4 heteroatoms. The van der Waals surface area contributed by atoms with Crippen LogP contribution < -0.4 is 0 Å². The minimum Gasteiger partial charge on any atom is -0.296 e. The van der Waals surface area contributed by atoms with Crippen LogP contribution in [0.3, 0.4) is 0 Å². The SMILES string of the molecule is CN1CCSCC1c1nc(C(C)(C)C)cs1. The fourth-order valence-electron chi connectivity index (χ4n) is 1.73. The molecule has 1 unspecified atom stereocenters. The highest BCUT2D eigenvalue weighted by Gasteiger charge is 2.25. The van der Waals surface area contributed by atoms with Gasteiger partial charge in [0.05, 0.1) is 11.7 Å². The lowest BCUT2D eigenvalue weighted by Gasteiger charge is -2.30. The standard InChI is InChI=1S/C12H20N2S2/c1-12(2,3)10-8-16-11(13-10)9-7-15-6-5-14(9)4/h8-9H,5-7H2,1-4H3. The van der Waals surface area contributed by atoms with E-state index in [4.69, 9.17) is 4.98 Å². The Labute approximate surface area is 106 Å². The van der Waals surface area contributed by atoms with E-state index in [9.17, 15) is 0 Å². The molecule has 2 rings (SSSR count). The Morgan fingerprint density at radius 2 is 2.19 bits per heavy atom. The van der Waals surface area contributed by atoms with Crippen LogP contribution in [0.4, 0.5) is 0 Å². The highest BCUT2D eigenvalue weighted by atomic mass is 32.2. The van der Waals surface area contributed by atoms with Gasteiger partial charge in [0.15, 0.2) is 0 Å². The average Bonchev–Trinajstić information content (AvgIpc) is 2.66. The van der Waals surface area contributed by atoms with E-state index in [2.05, 4.69) is 38.1 Å². The molecule has 2 nitrogen and oxygen atoms in total. The zero-order chi connectivity index (χ0) is 11.8. The summed E-state index contributed by atoms with van der Waals surface area (Å²) in [4.78, 5) is 7.25. The second-order valence-electron chi connectivity index (χ2n) is 5.39. The van der Waals surface area contributed by atoms with E-state index in [1.807, 2.05) is 23.1 Å². The van der Waals surface area contributed by atoms with Crippen LogP contribution in [0, 0.1) is 0 Å². The summed E-state index contributed by atoms with van der Waals surface area (Å²) < 4.78 is 0. The van der Waals surface area contributed by atoms with Crippen molar-refractivity contribution in [3.63, 3.8) is 0 Å². The number of rotatable bonds is 1. The Balaban J connectivity index is 2.18. The van der Waals surface area contributed by atoms with E-state index in [-0.39, 0.29) is 5.41 Å². The molecular weight excluding hydrogens is 236 g/mol. The van der Waals surface area contributed by atoms with E-state index in [0.717, 1.165) is 0 Å². The van der Waals surface area contributed by atoms with Crippen molar-refractivity contribution in [2.75, 3.05) is 25.1 Å². The molecule has 1 aliphatic rings. The molecule has 1 aromatic heterocycles. The summed E-state index contributed by atoms with van der Waals surface area (Å²) in [5, 5.41) is 3.52. The molecular formula is C12H20N2S2. The molecule has 1 saturated heterocycles. The zero-order valence-corrected chi connectivity index (χ0v) is 12.1. The van der Waals surface area contributed by atoms with Crippen LogP contribution in [0.15, 0.2) is 5.38 Å². The highest BCUT2D eigenvalue weighted by molar-refractivity contribution is 7.99. The molecule has 2 heterocycles. The van der Waals surface area contributed by atoms with Crippen LogP contribution in [-0.4, -0.2) is 35.0 Å². The summed E-state index contributed by atoms with van der Waals surface area (Å²) in [5.41, 5.74) is 1.41. The molecule has 0 amide bonds. The summed E-state index contributed by atoms with van der Waals surface area (Å²) in [6.07, 6.45) is 0. The number of aromatic nitrogens is 1. The average molecular weight is 256 g/mol. The van der Waals surface area contributed by atoms with Gasteiger partial charge in [0, 0.05) is 28.8 Å². The highest BCUT2D eigenvalue weighted by Crippen LogP contribution is 2.32. The van der Waals surface area contributed by atoms with Gasteiger partial charge in [-0.15, -0.1) is 11.3 Å². The molecule has 90 valence electrons. The number of thioether (sulfide) groups is 1. The first-order valence-electron chi connectivity index (χ1n) is 5.72. The van der Waals surface area contributed by atoms with Crippen LogP contribution in [0.1, 0.15) is 37.5 Å². The fourth-order valence-corrected chi connectivity index (χ4v) is 4.27. The van der Waals surface area contributed by atoms with Gasteiger partial charge < -0.3 is 0 Å². The predicted molar refractivity (Wildman–Crippen MR) is 73.5 cm³/mol. The second kappa shape index (κ2) is 4.67. The van der Waals surface area contributed by atoms with Gasteiger partial charge in [0.25, 0.3) is 0 Å². The lowest BCUT2D eigenvalue weighted by molar-refractivity contribution is 0.273. The molecule has 0 saturated carbocycles. The molecule has 1 aliphatic heterocycles. The van der Waals surface area contributed by atoms with Crippen molar-refractivity contribution in [2.45, 2.75) is 32.2 Å². The third-order valence-electron chi connectivity index (χ3n) is 2.97. The topological polar surface area (TPSA) is 16.1 Å². The van der Waals surface area contributed by atoms with Crippen molar-refractivity contribution in [1.82, 2.24) is 9.88 Å². The van der Waals surface area contributed by atoms with E-state index in [1.165, 1.54) is 28.8 Å². The van der Waals surface area contributed by atoms with Crippen molar-refractivity contribution in [2.24, 2.45) is 0 Å². The number of nitrogens with zero attached hydrogens (tertiary/aromatic N) is 2. The smallest absolute Gasteiger partial charge is 0.111 e. The lowest BCUT2D eigenvalue weighted by atomic mass is 9.93. The maximum Gasteiger partial charge on any atom is 0.111 e. The van der Waals surface area contributed by atoms with E-state index >= 15 is 0 Å². The Kier molecular flexibility index (Phi) is 3.62. The van der Waals surface area contributed by atoms with Gasteiger partial charge in [-0.1, -0.05) is 20.8 Å². The molecule has 0 N–H and O–H groups in total. The second-order valence-corrected chi connectivity index (χ2v) is 7.43. The zero-order valence-electron chi connectivity index (χ0n) is 10.5. The Morgan fingerprint density at radius 3 is 2.75 bits per heavy atom. The molecule has 0 aliphatic carbocycles. The Hall–Kier alpha value is -0.0600. The van der Waals surface area contributed by atoms with Gasteiger partial charge in [0.1, 0.15) is 5.01 Å². The lowest BCUT2D eigenvalue weighted by Crippen LogP contribution is -2.32. The minimum absolute atomic E-state index is 0.176. The van der Waals surface area contributed by atoms with Gasteiger partial charge in [-0.25, -0.2) is 4.98 Å². The van der Waals surface area contributed by atoms with E-state index in [0.29, 0.717) is 6.04 Å². The molecule has 0 bridgehead atoms. The summed E-state index contributed by atoms with van der Waals surface area (Å²) in [6, 6.07) is 0.528. The molecule has 16 heavy (non-hydrogen) atoms. The van der Waals surface area contributed by atoms with Gasteiger partial charge in [0.2, 0.25) is 0 Å². The molecule has 1 atom stereocenters. The van der Waals surface area contributed by atoms with E-state index < -0.39 is 0 Å². The van der Waals surface area contributed by atoms with Crippen molar-refractivity contribution >= 4 is 23.1 Å². The number of hydrogen-bond acceptors (Lipinski definition) is 4.